The van der Waals surface area contributed by atoms with E-state index in [-0.39, 0.29) is 12.8 Å². The molecule has 1 aliphatic rings. The van der Waals surface area contributed by atoms with Gasteiger partial charge >= 0.3 is 0 Å². The molecule has 0 fully saturated rings. The van der Waals surface area contributed by atoms with Crippen molar-refractivity contribution in [2.45, 2.75) is 32.4 Å². The molecular weight excluding hydrogens is 254 g/mol. The van der Waals surface area contributed by atoms with Crippen LogP contribution in [0.3, 0.4) is 0 Å². The fraction of sp³-hybridized carbons (Fsp3) is 0.538. The van der Waals surface area contributed by atoms with Crippen molar-refractivity contribution in [3.8, 4) is 11.5 Å². The van der Waals surface area contributed by atoms with E-state index in [0.717, 1.165) is 6.42 Å². The second kappa shape index (κ2) is 5.34. The van der Waals surface area contributed by atoms with Gasteiger partial charge in [0.15, 0.2) is 11.5 Å². The number of hydrogen-bond acceptors (Lipinski definition) is 4. The Labute approximate surface area is 112 Å². The lowest BCUT2D eigenvalue weighted by atomic mass is 9.95. The largest absolute Gasteiger partial charge is 0.454 e. The third-order valence-electron chi connectivity index (χ3n) is 2.94. The highest BCUT2D eigenvalue weighted by molar-refractivity contribution is 6.32. The number of benzene rings is 1. The van der Waals surface area contributed by atoms with Crippen molar-refractivity contribution in [3.63, 3.8) is 0 Å². The van der Waals surface area contributed by atoms with Crippen LogP contribution >= 0.6 is 11.6 Å². The SMILES string of the molecule is CC(C)CC(N)C(O)c1cc(Cl)c2c(c1)OCO2. The minimum Gasteiger partial charge on any atom is -0.454 e. The first-order chi connectivity index (χ1) is 8.49. The molecular formula is C13H18ClNO3. The number of hydrogen-bond donors (Lipinski definition) is 2. The predicted molar refractivity (Wildman–Crippen MR) is 70.0 cm³/mol. The van der Waals surface area contributed by atoms with Crippen molar-refractivity contribution >= 4 is 11.6 Å². The summed E-state index contributed by atoms with van der Waals surface area (Å²) in [6.45, 7) is 4.30. The van der Waals surface area contributed by atoms with Crippen LogP contribution in [0.2, 0.25) is 5.02 Å². The Hall–Kier alpha value is -0.970. The van der Waals surface area contributed by atoms with Gasteiger partial charge in [0.1, 0.15) is 0 Å². The molecule has 100 valence electrons. The topological polar surface area (TPSA) is 64.7 Å². The number of nitrogens with two attached hydrogens (primary N) is 1. The summed E-state index contributed by atoms with van der Waals surface area (Å²) in [5, 5.41) is 10.7. The zero-order chi connectivity index (χ0) is 13.3. The summed E-state index contributed by atoms with van der Waals surface area (Å²) >= 11 is 6.07. The van der Waals surface area contributed by atoms with Crippen molar-refractivity contribution in [1.82, 2.24) is 0 Å². The first kappa shape index (κ1) is 13.5. The fourth-order valence-electron chi connectivity index (χ4n) is 2.08. The van der Waals surface area contributed by atoms with E-state index in [1.54, 1.807) is 12.1 Å². The minimum atomic E-state index is -0.751. The van der Waals surface area contributed by atoms with E-state index in [1.807, 2.05) is 0 Å². The minimum absolute atomic E-state index is 0.159. The molecule has 2 rings (SSSR count). The summed E-state index contributed by atoms with van der Waals surface area (Å²) in [5.41, 5.74) is 6.64. The highest BCUT2D eigenvalue weighted by atomic mass is 35.5. The van der Waals surface area contributed by atoms with E-state index in [9.17, 15) is 5.11 Å². The van der Waals surface area contributed by atoms with Gasteiger partial charge in [-0.15, -0.1) is 0 Å². The molecule has 0 saturated carbocycles. The van der Waals surface area contributed by atoms with Crippen LogP contribution < -0.4 is 15.2 Å². The molecule has 3 N–H and O–H groups in total. The maximum Gasteiger partial charge on any atom is 0.231 e. The zero-order valence-corrected chi connectivity index (χ0v) is 11.3. The van der Waals surface area contributed by atoms with E-state index in [0.29, 0.717) is 28.0 Å². The highest BCUT2D eigenvalue weighted by Crippen LogP contribution is 2.41. The van der Waals surface area contributed by atoms with Gasteiger partial charge in [-0.25, -0.2) is 0 Å². The summed E-state index contributed by atoms with van der Waals surface area (Å²) in [4.78, 5) is 0. The van der Waals surface area contributed by atoms with Crippen molar-refractivity contribution in [3.05, 3.63) is 22.7 Å². The van der Waals surface area contributed by atoms with Crippen LogP contribution in [0.4, 0.5) is 0 Å². The predicted octanol–water partition coefficient (Wildman–Crippen LogP) is 2.48. The summed E-state index contributed by atoms with van der Waals surface area (Å²) in [5.74, 6) is 1.53. The van der Waals surface area contributed by atoms with Crippen molar-refractivity contribution in [2.24, 2.45) is 11.7 Å². The van der Waals surface area contributed by atoms with Crippen LogP contribution in [0.5, 0.6) is 11.5 Å². The van der Waals surface area contributed by atoms with Gasteiger partial charge in [-0.3, -0.25) is 0 Å². The molecule has 1 aromatic rings. The van der Waals surface area contributed by atoms with Gasteiger partial charge in [-0.1, -0.05) is 25.4 Å². The number of halogens is 1. The van der Waals surface area contributed by atoms with Crippen LogP contribution in [0.15, 0.2) is 12.1 Å². The lowest BCUT2D eigenvalue weighted by Crippen LogP contribution is -2.29. The fourth-order valence-corrected chi connectivity index (χ4v) is 2.35. The maximum absolute atomic E-state index is 10.2. The summed E-state index contributed by atoms with van der Waals surface area (Å²) < 4.78 is 10.5. The molecule has 18 heavy (non-hydrogen) atoms. The maximum atomic E-state index is 10.2. The normalized spacial score (nSPS) is 17.0. The first-order valence-electron chi connectivity index (χ1n) is 6.01. The van der Waals surface area contributed by atoms with E-state index < -0.39 is 6.10 Å². The van der Waals surface area contributed by atoms with Gasteiger partial charge in [0.05, 0.1) is 11.1 Å². The molecule has 0 aliphatic carbocycles. The number of aliphatic hydroxyl groups excluding tert-OH is 1. The molecule has 1 heterocycles. The smallest absolute Gasteiger partial charge is 0.231 e. The van der Waals surface area contributed by atoms with Gasteiger partial charge in [0, 0.05) is 6.04 Å². The summed E-state index contributed by atoms with van der Waals surface area (Å²) in [6.07, 6.45) is -0.00727. The lowest BCUT2D eigenvalue weighted by molar-refractivity contribution is 0.135. The molecule has 2 atom stereocenters. The van der Waals surface area contributed by atoms with Crippen LogP contribution in [-0.4, -0.2) is 17.9 Å². The Morgan fingerprint density at radius 3 is 2.78 bits per heavy atom. The van der Waals surface area contributed by atoms with Crippen LogP contribution in [-0.2, 0) is 0 Å². The van der Waals surface area contributed by atoms with E-state index >= 15 is 0 Å². The van der Waals surface area contributed by atoms with Crippen molar-refractivity contribution in [2.75, 3.05) is 6.79 Å². The second-order valence-corrected chi connectivity index (χ2v) is 5.38. The monoisotopic (exact) mass is 271 g/mol. The molecule has 2 unspecified atom stereocenters. The molecule has 0 aromatic heterocycles. The van der Waals surface area contributed by atoms with Gasteiger partial charge in [0.2, 0.25) is 6.79 Å². The van der Waals surface area contributed by atoms with Crippen LogP contribution in [0.25, 0.3) is 0 Å². The lowest BCUT2D eigenvalue weighted by Gasteiger charge is -2.21. The number of aliphatic hydroxyl groups is 1. The van der Waals surface area contributed by atoms with E-state index in [2.05, 4.69) is 13.8 Å². The number of rotatable bonds is 4. The quantitative estimate of drug-likeness (QED) is 0.883. The standard InChI is InChI=1S/C13H18ClNO3/c1-7(2)3-10(15)12(16)8-4-9(14)13-11(5-8)17-6-18-13/h4-5,7,10,12,16H,3,6,15H2,1-2H3. The Morgan fingerprint density at radius 1 is 1.39 bits per heavy atom. The number of ether oxygens (including phenoxy) is 2. The molecule has 1 aliphatic heterocycles. The van der Waals surface area contributed by atoms with Crippen molar-refractivity contribution < 1.29 is 14.6 Å². The average Bonchev–Trinajstić information content (AvgIpc) is 2.75. The molecule has 5 heteroatoms. The van der Waals surface area contributed by atoms with Gasteiger partial charge < -0.3 is 20.3 Å². The van der Waals surface area contributed by atoms with Crippen molar-refractivity contribution in [1.29, 1.82) is 0 Å². The molecule has 0 radical (unpaired) electrons. The third kappa shape index (κ3) is 2.71. The molecule has 0 saturated heterocycles. The Bertz CT molecular complexity index is 436. The molecule has 4 nitrogen and oxygen atoms in total. The van der Waals surface area contributed by atoms with E-state index in [1.165, 1.54) is 0 Å². The molecule has 1 aromatic carbocycles. The Morgan fingerprint density at radius 2 is 2.11 bits per heavy atom. The zero-order valence-electron chi connectivity index (χ0n) is 10.5. The van der Waals surface area contributed by atoms with Gasteiger partial charge in [-0.2, -0.15) is 0 Å². The first-order valence-corrected chi connectivity index (χ1v) is 6.39. The van der Waals surface area contributed by atoms with Gasteiger partial charge in [0.25, 0.3) is 0 Å². The molecule has 0 spiro atoms. The Balaban J connectivity index is 2.21. The summed E-state index contributed by atoms with van der Waals surface area (Å²) in [7, 11) is 0. The average molecular weight is 272 g/mol. The Kier molecular flexibility index (Phi) is 4.00. The second-order valence-electron chi connectivity index (χ2n) is 4.97. The molecule has 0 bridgehead atoms. The highest BCUT2D eigenvalue weighted by Gasteiger charge is 2.24. The van der Waals surface area contributed by atoms with Gasteiger partial charge in [-0.05, 0) is 30.0 Å². The third-order valence-corrected chi connectivity index (χ3v) is 3.22. The van der Waals surface area contributed by atoms with E-state index in [4.69, 9.17) is 26.8 Å². The van der Waals surface area contributed by atoms with Crippen LogP contribution in [0.1, 0.15) is 31.9 Å². The molecule has 0 amide bonds. The number of fused-ring (bicyclic) bond motifs is 1. The summed E-state index contributed by atoms with van der Waals surface area (Å²) in [6, 6.07) is 3.10. The van der Waals surface area contributed by atoms with Crippen LogP contribution in [0, 0.1) is 5.92 Å².